The monoisotopic (exact) mass is 248 g/mol. The zero-order valence-electron chi connectivity index (χ0n) is 10.7. The number of phenolic OH excluding ortho intramolecular Hbond substituents is 1. The van der Waals surface area contributed by atoms with Crippen LogP contribution in [-0.4, -0.2) is 41.6 Å². The van der Waals surface area contributed by atoms with Crippen molar-refractivity contribution in [2.75, 3.05) is 19.6 Å². The van der Waals surface area contributed by atoms with E-state index in [0.717, 1.165) is 32.5 Å². The first kappa shape index (κ1) is 12.9. The number of likely N-dealkylation sites (tertiary alicyclic amines) is 1. The van der Waals surface area contributed by atoms with Gasteiger partial charge in [-0.3, -0.25) is 4.79 Å². The van der Waals surface area contributed by atoms with E-state index >= 15 is 0 Å². The Balaban J connectivity index is 1.97. The van der Waals surface area contributed by atoms with Gasteiger partial charge in [0.25, 0.3) is 5.91 Å². The molecule has 0 aliphatic carbocycles. The van der Waals surface area contributed by atoms with E-state index in [9.17, 15) is 9.90 Å². The molecule has 1 aliphatic rings. The molecule has 4 nitrogen and oxygen atoms in total. The highest BCUT2D eigenvalue weighted by Crippen LogP contribution is 2.16. The van der Waals surface area contributed by atoms with Gasteiger partial charge in [-0.15, -0.1) is 0 Å². The molecule has 4 heteroatoms. The lowest BCUT2D eigenvalue weighted by Gasteiger charge is -2.32. The Hall–Kier alpha value is -1.55. The number of hydrogen-bond donors (Lipinski definition) is 2. The van der Waals surface area contributed by atoms with E-state index < -0.39 is 0 Å². The van der Waals surface area contributed by atoms with Crippen molar-refractivity contribution in [3.05, 3.63) is 29.8 Å². The summed E-state index contributed by atoms with van der Waals surface area (Å²) in [5, 5.41) is 12.6. The number of carbonyl (C=O) groups is 1. The van der Waals surface area contributed by atoms with Crippen LogP contribution in [0.25, 0.3) is 0 Å². The number of para-hydroxylation sites is 1. The third kappa shape index (κ3) is 3.01. The Bertz CT molecular complexity index is 420. The molecule has 1 saturated heterocycles. The Morgan fingerprint density at radius 1 is 1.50 bits per heavy atom. The molecule has 1 amide bonds. The van der Waals surface area contributed by atoms with Crippen molar-refractivity contribution in [1.29, 1.82) is 0 Å². The highest BCUT2D eigenvalue weighted by Gasteiger charge is 2.21. The lowest BCUT2D eigenvalue weighted by molar-refractivity contribution is 0.0903. The molecule has 1 fully saturated rings. The number of amides is 1. The zero-order chi connectivity index (χ0) is 13.0. The predicted molar refractivity (Wildman–Crippen MR) is 70.7 cm³/mol. The van der Waals surface area contributed by atoms with Crippen LogP contribution in [0.15, 0.2) is 24.3 Å². The summed E-state index contributed by atoms with van der Waals surface area (Å²) < 4.78 is 0. The van der Waals surface area contributed by atoms with Gasteiger partial charge in [0.05, 0.1) is 5.56 Å². The molecule has 1 heterocycles. The van der Waals surface area contributed by atoms with Gasteiger partial charge in [0, 0.05) is 12.6 Å². The number of nitrogens with one attached hydrogen (secondary N) is 1. The summed E-state index contributed by atoms with van der Waals surface area (Å²) in [6, 6.07) is 6.84. The summed E-state index contributed by atoms with van der Waals surface area (Å²) in [5.74, 6) is -0.144. The first-order valence-corrected chi connectivity index (χ1v) is 6.52. The molecule has 0 radical (unpaired) electrons. The summed E-state index contributed by atoms with van der Waals surface area (Å²) in [4.78, 5) is 14.4. The molecule has 2 N–H and O–H groups in total. The second kappa shape index (κ2) is 5.87. The Kier molecular flexibility index (Phi) is 4.20. The minimum Gasteiger partial charge on any atom is -0.507 e. The SMILES string of the molecule is CCN1CCCC(NC(=O)c2ccccc2O)C1. The number of rotatable bonds is 3. The molecule has 2 rings (SSSR count). The molecular weight excluding hydrogens is 228 g/mol. The van der Waals surface area contributed by atoms with Crippen LogP contribution >= 0.6 is 0 Å². The number of nitrogens with zero attached hydrogens (tertiary/aromatic N) is 1. The summed E-state index contributed by atoms with van der Waals surface area (Å²) >= 11 is 0. The fourth-order valence-corrected chi connectivity index (χ4v) is 2.39. The van der Waals surface area contributed by atoms with E-state index in [1.54, 1.807) is 18.2 Å². The molecule has 1 aliphatic heterocycles. The van der Waals surface area contributed by atoms with Gasteiger partial charge >= 0.3 is 0 Å². The van der Waals surface area contributed by atoms with E-state index in [-0.39, 0.29) is 17.7 Å². The molecule has 0 spiro atoms. The number of phenols is 1. The molecule has 0 saturated carbocycles. The second-order valence-corrected chi connectivity index (χ2v) is 4.72. The number of hydrogen-bond acceptors (Lipinski definition) is 3. The van der Waals surface area contributed by atoms with Gasteiger partial charge < -0.3 is 15.3 Å². The molecule has 1 unspecified atom stereocenters. The van der Waals surface area contributed by atoms with E-state index in [1.807, 2.05) is 0 Å². The van der Waals surface area contributed by atoms with E-state index in [4.69, 9.17) is 0 Å². The number of likely N-dealkylation sites (N-methyl/N-ethyl adjacent to an activating group) is 1. The maximum absolute atomic E-state index is 12.0. The van der Waals surface area contributed by atoms with Crippen molar-refractivity contribution in [1.82, 2.24) is 10.2 Å². The zero-order valence-corrected chi connectivity index (χ0v) is 10.7. The van der Waals surface area contributed by atoms with Crippen LogP contribution in [0, 0.1) is 0 Å². The van der Waals surface area contributed by atoms with Gasteiger partial charge in [-0.05, 0) is 38.1 Å². The number of piperidine rings is 1. The largest absolute Gasteiger partial charge is 0.507 e. The molecule has 0 bridgehead atoms. The maximum Gasteiger partial charge on any atom is 0.255 e. The molecule has 1 aromatic carbocycles. The minimum absolute atomic E-state index is 0.0400. The minimum atomic E-state index is -0.184. The topological polar surface area (TPSA) is 52.6 Å². The van der Waals surface area contributed by atoms with Crippen LogP contribution < -0.4 is 5.32 Å². The van der Waals surface area contributed by atoms with Crippen LogP contribution in [0.4, 0.5) is 0 Å². The van der Waals surface area contributed by atoms with Gasteiger partial charge in [0.15, 0.2) is 0 Å². The first-order chi connectivity index (χ1) is 8.70. The summed E-state index contributed by atoms with van der Waals surface area (Å²) in [7, 11) is 0. The lowest BCUT2D eigenvalue weighted by atomic mass is 10.0. The summed E-state index contributed by atoms with van der Waals surface area (Å²) in [6.45, 7) is 5.16. The average molecular weight is 248 g/mol. The highest BCUT2D eigenvalue weighted by atomic mass is 16.3. The van der Waals surface area contributed by atoms with Crippen molar-refractivity contribution in [3.8, 4) is 5.75 Å². The van der Waals surface area contributed by atoms with E-state index in [2.05, 4.69) is 17.1 Å². The quantitative estimate of drug-likeness (QED) is 0.854. The van der Waals surface area contributed by atoms with Crippen molar-refractivity contribution in [2.45, 2.75) is 25.8 Å². The van der Waals surface area contributed by atoms with Crippen LogP contribution in [0.3, 0.4) is 0 Å². The second-order valence-electron chi connectivity index (χ2n) is 4.72. The lowest BCUT2D eigenvalue weighted by Crippen LogP contribution is -2.47. The summed E-state index contributed by atoms with van der Waals surface area (Å²) in [6.07, 6.45) is 2.12. The molecule has 98 valence electrons. The molecule has 1 atom stereocenters. The van der Waals surface area contributed by atoms with Crippen LogP contribution in [-0.2, 0) is 0 Å². The van der Waals surface area contributed by atoms with E-state index in [1.165, 1.54) is 6.07 Å². The third-order valence-corrected chi connectivity index (χ3v) is 3.44. The van der Waals surface area contributed by atoms with Gasteiger partial charge in [0.1, 0.15) is 5.75 Å². The van der Waals surface area contributed by atoms with Gasteiger partial charge in [-0.25, -0.2) is 0 Å². The van der Waals surface area contributed by atoms with Crippen molar-refractivity contribution in [3.63, 3.8) is 0 Å². The van der Waals surface area contributed by atoms with Crippen LogP contribution in [0.1, 0.15) is 30.1 Å². The molecule has 1 aromatic rings. The first-order valence-electron chi connectivity index (χ1n) is 6.52. The molecule has 18 heavy (non-hydrogen) atoms. The Morgan fingerprint density at radius 3 is 3.00 bits per heavy atom. The van der Waals surface area contributed by atoms with Gasteiger partial charge in [-0.2, -0.15) is 0 Å². The molecule has 0 aromatic heterocycles. The maximum atomic E-state index is 12.0. The third-order valence-electron chi connectivity index (χ3n) is 3.44. The fraction of sp³-hybridized carbons (Fsp3) is 0.500. The fourth-order valence-electron chi connectivity index (χ4n) is 2.39. The van der Waals surface area contributed by atoms with Crippen molar-refractivity contribution < 1.29 is 9.90 Å². The average Bonchev–Trinajstić information content (AvgIpc) is 2.39. The Labute approximate surface area is 108 Å². The number of carbonyl (C=O) groups excluding carboxylic acids is 1. The highest BCUT2D eigenvalue weighted by molar-refractivity contribution is 5.96. The van der Waals surface area contributed by atoms with Crippen LogP contribution in [0.5, 0.6) is 5.75 Å². The standard InChI is InChI=1S/C14H20N2O2/c1-2-16-9-5-6-11(10-16)15-14(18)12-7-3-4-8-13(12)17/h3-4,7-8,11,17H,2,5-6,9-10H2,1H3,(H,15,18). The molecular formula is C14H20N2O2. The van der Waals surface area contributed by atoms with E-state index in [0.29, 0.717) is 5.56 Å². The summed E-state index contributed by atoms with van der Waals surface area (Å²) in [5.41, 5.74) is 0.353. The Morgan fingerprint density at radius 2 is 2.28 bits per heavy atom. The van der Waals surface area contributed by atoms with Gasteiger partial charge in [-0.1, -0.05) is 19.1 Å². The van der Waals surface area contributed by atoms with Gasteiger partial charge in [0.2, 0.25) is 0 Å². The smallest absolute Gasteiger partial charge is 0.255 e. The number of aromatic hydroxyl groups is 1. The number of benzene rings is 1. The van der Waals surface area contributed by atoms with Crippen molar-refractivity contribution >= 4 is 5.91 Å². The van der Waals surface area contributed by atoms with Crippen LogP contribution in [0.2, 0.25) is 0 Å². The van der Waals surface area contributed by atoms with Crippen molar-refractivity contribution in [2.24, 2.45) is 0 Å². The predicted octanol–water partition coefficient (Wildman–Crippen LogP) is 1.61. The normalized spacial score (nSPS) is 20.6.